The van der Waals surface area contributed by atoms with E-state index in [1.165, 1.54) is 25.7 Å². The molecule has 0 bridgehead atoms. The summed E-state index contributed by atoms with van der Waals surface area (Å²) in [7, 11) is 2.23. The number of hydrogen-bond acceptors (Lipinski definition) is 1. The fraction of sp³-hybridized carbons (Fsp3) is 0.778. The first-order valence-electron chi connectivity index (χ1n) is 4.23. The molecule has 0 spiro atoms. The van der Waals surface area contributed by atoms with Crippen LogP contribution < -0.4 is 0 Å². The second kappa shape index (κ2) is 2.01. The molecule has 1 heterocycles. The van der Waals surface area contributed by atoms with Gasteiger partial charge in [0, 0.05) is 18.8 Å². The van der Waals surface area contributed by atoms with Crippen LogP contribution in [0.3, 0.4) is 0 Å². The monoisotopic (exact) mass is 137 g/mol. The maximum Gasteiger partial charge on any atom is 0.0293 e. The minimum Gasteiger partial charge on any atom is -0.375 e. The SMILES string of the molecule is CC1CC2=C(CCC2)N1C. The summed E-state index contributed by atoms with van der Waals surface area (Å²) in [4.78, 5) is 2.46. The topological polar surface area (TPSA) is 3.24 Å². The smallest absolute Gasteiger partial charge is 0.0293 e. The molecule has 0 N–H and O–H groups in total. The first-order chi connectivity index (χ1) is 4.79. The fourth-order valence-electron chi connectivity index (χ4n) is 2.20. The Bertz CT molecular complexity index is 181. The molecule has 0 saturated heterocycles. The summed E-state index contributed by atoms with van der Waals surface area (Å²) in [6.07, 6.45) is 5.47. The van der Waals surface area contributed by atoms with Crippen LogP contribution in [0, 0.1) is 0 Å². The lowest BCUT2D eigenvalue weighted by molar-refractivity contribution is 0.342. The zero-order valence-corrected chi connectivity index (χ0v) is 6.85. The van der Waals surface area contributed by atoms with E-state index in [1.807, 2.05) is 0 Å². The first kappa shape index (κ1) is 6.26. The molecule has 1 unspecified atom stereocenters. The van der Waals surface area contributed by atoms with E-state index in [9.17, 15) is 0 Å². The molecule has 10 heavy (non-hydrogen) atoms. The van der Waals surface area contributed by atoms with Gasteiger partial charge in [-0.15, -0.1) is 0 Å². The molecule has 0 fully saturated rings. The average Bonchev–Trinajstić information content (AvgIpc) is 2.41. The predicted octanol–water partition coefficient (Wildman–Crippen LogP) is 2.15. The molecular formula is C9H15N. The van der Waals surface area contributed by atoms with Crippen LogP contribution in [-0.4, -0.2) is 18.0 Å². The Morgan fingerprint density at radius 2 is 2.20 bits per heavy atom. The lowest BCUT2D eigenvalue weighted by Crippen LogP contribution is -2.22. The van der Waals surface area contributed by atoms with Gasteiger partial charge < -0.3 is 4.90 Å². The predicted molar refractivity (Wildman–Crippen MR) is 42.7 cm³/mol. The summed E-state index contributed by atoms with van der Waals surface area (Å²) < 4.78 is 0. The highest BCUT2D eigenvalue weighted by molar-refractivity contribution is 5.24. The van der Waals surface area contributed by atoms with Crippen LogP contribution in [0.2, 0.25) is 0 Å². The normalized spacial score (nSPS) is 31.8. The van der Waals surface area contributed by atoms with Crippen molar-refractivity contribution in [1.82, 2.24) is 4.90 Å². The number of likely N-dealkylation sites (tertiary alicyclic amines) is 1. The third kappa shape index (κ3) is 0.695. The van der Waals surface area contributed by atoms with E-state index < -0.39 is 0 Å². The Kier molecular flexibility index (Phi) is 1.26. The molecule has 0 radical (unpaired) electrons. The molecule has 56 valence electrons. The van der Waals surface area contributed by atoms with E-state index in [4.69, 9.17) is 0 Å². The second-order valence-electron chi connectivity index (χ2n) is 3.57. The van der Waals surface area contributed by atoms with E-state index in [0.717, 1.165) is 6.04 Å². The highest BCUT2D eigenvalue weighted by atomic mass is 15.2. The summed E-state index contributed by atoms with van der Waals surface area (Å²) in [6.45, 7) is 2.32. The van der Waals surface area contributed by atoms with Gasteiger partial charge in [-0.1, -0.05) is 0 Å². The molecule has 1 aliphatic heterocycles. The van der Waals surface area contributed by atoms with Gasteiger partial charge in [0.05, 0.1) is 0 Å². The standard InChI is InChI=1S/C9H15N/c1-7-6-8-4-3-5-9(8)10(7)2/h7H,3-6H2,1-2H3. The maximum absolute atomic E-state index is 2.46. The van der Waals surface area contributed by atoms with Crippen molar-refractivity contribution in [1.29, 1.82) is 0 Å². The Morgan fingerprint density at radius 1 is 1.40 bits per heavy atom. The second-order valence-corrected chi connectivity index (χ2v) is 3.57. The molecule has 2 rings (SSSR count). The quantitative estimate of drug-likeness (QED) is 0.494. The van der Waals surface area contributed by atoms with Gasteiger partial charge in [0.2, 0.25) is 0 Å². The van der Waals surface area contributed by atoms with Gasteiger partial charge in [0.25, 0.3) is 0 Å². The van der Waals surface area contributed by atoms with Crippen molar-refractivity contribution >= 4 is 0 Å². The molecule has 2 aliphatic rings. The Hall–Kier alpha value is -0.460. The van der Waals surface area contributed by atoms with Gasteiger partial charge in [0.1, 0.15) is 0 Å². The molecular weight excluding hydrogens is 122 g/mol. The zero-order valence-electron chi connectivity index (χ0n) is 6.85. The van der Waals surface area contributed by atoms with Crippen LogP contribution in [-0.2, 0) is 0 Å². The van der Waals surface area contributed by atoms with Crippen molar-refractivity contribution < 1.29 is 0 Å². The van der Waals surface area contributed by atoms with Crippen LogP contribution in [0.25, 0.3) is 0 Å². The van der Waals surface area contributed by atoms with Crippen molar-refractivity contribution in [2.24, 2.45) is 0 Å². The third-order valence-corrected chi connectivity index (χ3v) is 2.93. The van der Waals surface area contributed by atoms with Gasteiger partial charge in [0.15, 0.2) is 0 Å². The highest BCUT2D eigenvalue weighted by Crippen LogP contribution is 2.38. The van der Waals surface area contributed by atoms with E-state index in [1.54, 1.807) is 11.3 Å². The Morgan fingerprint density at radius 3 is 2.90 bits per heavy atom. The fourth-order valence-corrected chi connectivity index (χ4v) is 2.20. The summed E-state index contributed by atoms with van der Waals surface area (Å²) in [5.74, 6) is 0. The lowest BCUT2D eigenvalue weighted by Gasteiger charge is -2.21. The minimum atomic E-state index is 0.783. The molecule has 0 saturated carbocycles. The van der Waals surface area contributed by atoms with Crippen molar-refractivity contribution in [2.75, 3.05) is 7.05 Å². The van der Waals surface area contributed by atoms with Crippen molar-refractivity contribution in [2.45, 2.75) is 38.6 Å². The van der Waals surface area contributed by atoms with Crippen molar-refractivity contribution in [3.05, 3.63) is 11.3 Å². The lowest BCUT2D eigenvalue weighted by atomic mass is 10.1. The summed E-state index contributed by atoms with van der Waals surface area (Å²) in [5.41, 5.74) is 3.41. The Balaban J connectivity index is 2.22. The number of hydrogen-bond donors (Lipinski definition) is 0. The zero-order chi connectivity index (χ0) is 7.14. The molecule has 1 heteroatoms. The molecule has 1 nitrogen and oxygen atoms in total. The van der Waals surface area contributed by atoms with Crippen LogP contribution >= 0.6 is 0 Å². The van der Waals surface area contributed by atoms with E-state index >= 15 is 0 Å². The highest BCUT2D eigenvalue weighted by Gasteiger charge is 2.28. The van der Waals surface area contributed by atoms with Crippen LogP contribution in [0.15, 0.2) is 11.3 Å². The number of rotatable bonds is 0. The van der Waals surface area contributed by atoms with E-state index in [2.05, 4.69) is 18.9 Å². The van der Waals surface area contributed by atoms with Gasteiger partial charge in [-0.25, -0.2) is 0 Å². The first-order valence-corrected chi connectivity index (χ1v) is 4.23. The van der Waals surface area contributed by atoms with Crippen molar-refractivity contribution in [3.8, 4) is 0 Å². The molecule has 0 aromatic heterocycles. The van der Waals surface area contributed by atoms with Crippen molar-refractivity contribution in [3.63, 3.8) is 0 Å². The van der Waals surface area contributed by atoms with Gasteiger partial charge in [-0.3, -0.25) is 0 Å². The van der Waals surface area contributed by atoms with Crippen LogP contribution in [0.4, 0.5) is 0 Å². The Labute approximate surface area is 62.7 Å². The maximum atomic E-state index is 2.46. The molecule has 0 aromatic carbocycles. The molecule has 1 aliphatic carbocycles. The summed E-state index contributed by atoms with van der Waals surface area (Å²) in [5, 5.41) is 0. The van der Waals surface area contributed by atoms with E-state index in [0.29, 0.717) is 0 Å². The molecule has 0 aromatic rings. The third-order valence-electron chi connectivity index (χ3n) is 2.93. The largest absolute Gasteiger partial charge is 0.375 e. The number of nitrogens with zero attached hydrogens (tertiary/aromatic N) is 1. The molecule has 1 atom stereocenters. The number of allylic oxidation sites excluding steroid dienone is 1. The van der Waals surface area contributed by atoms with Gasteiger partial charge in [-0.05, 0) is 38.2 Å². The van der Waals surface area contributed by atoms with Crippen LogP contribution in [0.5, 0.6) is 0 Å². The summed E-state index contributed by atoms with van der Waals surface area (Å²) in [6, 6.07) is 0.783. The van der Waals surface area contributed by atoms with E-state index in [-0.39, 0.29) is 0 Å². The summed E-state index contributed by atoms with van der Waals surface area (Å²) >= 11 is 0. The minimum absolute atomic E-state index is 0.783. The molecule has 0 amide bonds. The van der Waals surface area contributed by atoms with Crippen LogP contribution in [0.1, 0.15) is 32.6 Å². The van der Waals surface area contributed by atoms with Gasteiger partial charge in [-0.2, -0.15) is 0 Å². The van der Waals surface area contributed by atoms with Gasteiger partial charge >= 0.3 is 0 Å². The average molecular weight is 137 g/mol.